The largest absolute Gasteiger partial charge is 0.353 e. The molecule has 1 aromatic carbocycles. The zero-order chi connectivity index (χ0) is 18.9. The van der Waals surface area contributed by atoms with E-state index < -0.39 is 16.1 Å². The number of carbonyl (C=O) groups excluding carboxylic acids is 2. The van der Waals surface area contributed by atoms with Crippen LogP contribution in [0.5, 0.6) is 0 Å². The normalized spacial score (nSPS) is 18.4. The van der Waals surface area contributed by atoms with Crippen LogP contribution in [0, 0.1) is 6.92 Å². The summed E-state index contributed by atoms with van der Waals surface area (Å²) < 4.78 is 27.0. The van der Waals surface area contributed by atoms with Crippen LogP contribution in [0.4, 0.5) is 5.13 Å². The summed E-state index contributed by atoms with van der Waals surface area (Å²) in [5.41, 5.74) is 1.42. The van der Waals surface area contributed by atoms with Crippen molar-refractivity contribution in [3.05, 3.63) is 35.4 Å². The predicted molar refractivity (Wildman–Crippen MR) is 95.0 cm³/mol. The van der Waals surface area contributed by atoms with Crippen molar-refractivity contribution in [2.24, 2.45) is 0 Å². The van der Waals surface area contributed by atoms with Crippen LogP contribution in [-0.2, 0) is 19.6 Å². The van der Waals surface area contributed by atoms with Crippen molar-refractivity contribution >= 4 is 38.3 Å². The first kappa shape index (κ1) is 18.4. The summed E-state index contributed by atoms with van der Waals surface area (Å²) >= 11 is 0.749. The number of amides is 2. The Morgan fingerprint density at radius 1 is 1.35 bits per heavy atom. The molecule has 1 aliphatic heterocycles. The first-order valence-electron chi connectivity index (χ1n) is 7.77. The first-order chi connectivity index (χ1) is 12.3. The Morgan fingerprint density at radius 3 is 2.77 bits per heavy atom. The Balaban J connectivity index is 2.01. The van der Waals surface area contributed by atoms with Crippen LogP contribution in [0.3, 0.4) is 0 Å². The highest BCUT2D eigenvalue weighted by atomic mass is 32.2. The summed E-state index contributed by atoms with van der Waals surface area (Å²) in [5, 5.41) is 12.6. The van der Waals surface area contributed by atoms with Gasteiger partial charge in [0.2, 0.25) is 21.3 Å². The van der Waals surface area contributed by atoms with Gasteiger partial charge in [0.1, 0.15) is 6.04 Å². The number of aromatic nitrogens is 2. The molecule has 138 valence electrons. The summed E-state index contributed by atoms with van der Waals surface area (Å²) in [4.78, 5) is 23.6. The number of carbonyl (C=O) groups is 2. The molecule has 0 spiro atoms. The van der Waals surface area contributed by atoms with Gasteiger partial charge in [0, 0.05) is 20.0 Å². The van der Waals surface area contributed by atoms with Gasteiger partial charge in [-0.25, -0.2) is 8.42 Å². The molecule has 2 aromatic rings. The molecule has 2 amide bonds. The number of anilines is 1. The molecular formula is C15H17N5O4S2. The molecule has 1 unspecified atom stereocenters. The Labute approximate surface area is 154 Å². The third-order valence-electron chi connectivity index (χ3n) is 3.87. The Morgan fingerprint density at radius 2 is 2.08 bits per heavy atom. The Bertz CT molecular complexity index is 956. The zero-order valence-corrected chi connectivity index (χ0v) is 15.7. The van der Waals surface area contributed by atoms with Crippen molar-refractivity contribution in [3.63, 3.8) is 0 Å². The average molecular weight is 395 g/mol. The van der Waals surface area contributed by atoms with Crippen molar-refractivity contribution in [1.29, 1.82) is 0 Å². The number of nitrogens with zero attached hydrogens (tertiary/aromatic N) is 3. The zero-order valence-electron chi connectivity index (χ0n) is 14.1. The molecule has 1 saturated heterocycles. The quantitative estimate of drug-likeness (QED) is 0.734. The van der Waals surface area contributed by atoms with Gasteiger partial charge in [-0.05, 0) is 18.1 Å². The molecule has 1 aliphatic rings. The second kappa shape index (κ2) is 7.09. The van der Waals surface area contributed by atoms with E-state index in [0.29, 0.717) is 5.56 Å². The monoisotopic (exact) mass is 395 g/mol. The highest BCUT2D eigenvalue weighted by Crippen LogP contribution is 2.33. The van der Waals surface area contributed by atoms with Gasteiger partial charge in [-0.1, -0.05) is 35.6 Å². The summed E-state index contributed by atoms with van der Waals surface area (Å²) in [5.74, 6) is -0.763. The minimum absolute atomic E-state index is 0.0879. The SMILES string of the molecule is CC(=O)Nc1nnc(S(=O)(=O)N2CCNC(=O)C2c2ccccc2C)s1. The lowest BCUT2D eigenvalue weighted by Gasteiger charge is -2.34. The van der Waals surface area contributed by atoms with E-state index in [1.54, 1.807) is 12.1 Å². The number of rotatable bonds is 4. The predicted octanol–water partition coefficient (Wildman–Crippen LogP) is 0.667. The average Bonchev–Trinajstić information content (AvgIpc) is 3.04. The standard InChI is InChI=1S/C15H17N5O4S2/c1-9-5-3-4-6-11(9)12-13(22)16-7-8-20(12)26(23,24)15-19-18-14(25-15)17-10(2)21/h3-6,12H,7-8H2,1-2H3,(H,16,22)(H,17,18,21). The smallest absolute Gasteiger partial charge is 0.273 e. The van der Waals surface area contributed by atoms with E-state index in [2.05, 4.69) is 20.8 Å². The van der Waals surface area contributed by atoms with Crippen LogP contribution in [0.25, 0.3) is 0 Å². The van der Waals surface area contributed by atoms with Gasteiger partial charge in [-0.2, -0.15) is 4.31 Å². The van der Waals surface area contributed by atoms with E-state index in [4.69, 9.17) is 0 Å². The summed E-state index contributed by atoms with van der Waals surface area (Å²) in [6.45, 7) is 3.43. The lowest BCUT2D eigenvalue weighted by Crippen LogP contribution is -2.52. The van der Waals surface area contributed by atoms with Crippen molar-refractivity contribution in [1.82, 2.24) is 19.8 Å². The van der Waals surface area contributed by atoms with E-state index >= 15 is 0 Å². The molecule has 2 heterocycles. The highest BCUT2D eigenvalue weighted by molar-refractivity contribution is 7.91. The van der Waals surface area contributed by atoms with Gasteiger partial charge in [-0.15, -0.1) is 10.2 Å². The van der Waals surface area contributed by atoms with Gasteiger partial charge >= 0.3 is 0 Å². The fourth-order valence-electron chi connectivity index (χ4n) is 2.71. The van der Waals surface area contributed by atoms with Crippen molar-refractivity contribution in [3.8, 4) is 0 Å². The van der Waals surface area contributed by atoms with E-state index in [1.165, 1.54) is 6.92 Å². The highest BCUT2D eigenvalue weighted by Gasteiger charge is 2.41. The number of nitrogens with one attached hydrogen (secondary N) is 2. The van der Waals surface area contributed by atoms with Crippen LogP contribution in [0.2, 0.25) is 0 Å². The molecule has 1 atom stereocenters. The summed E-state index contributed by atoms with van der Waals surface area (Å²) in [7, 11) is -4.06. The van der Waals surface area contributed by atoms with E-state index in [9.17, 15) is 18.0 Å². The molecule has 1 aromatic heterocycles. The van der Waals surface area contributed by atoms with Gasteiger partial charge in [0.05, 0.1) is 0 Å². The number of aryl methyl sites for hydroxylation is 1. The Kier molecular flexibility index (Phi) is 5.03. The lowest BCUT2D eigenvalue weighted by molar-refractivity contribution is -0.127. The van der Waals surface area contributed by atoms with Crippen molar-refractivity contribution < 1.29 is 18.0 Å². The second-order valence-corrected chi connectivity index (χ2v) is 8.76. The van der Waals surface area contributed by atoms with E-state index in [1.807, 2.05) is 19.1 Å². The minimum atomic E-state index is -4.06. The maximum absolute atomic E-state index is 13.1. The van der Waals surface area contributed by atoms with Crippen LogP contribution in [0.15, 0.2) is 28.6 Å². The number of hydrogen-bond donors (Lipinski definition) is 2. The molecule has 0 bridgehead atoms. The molecule has 0 aliphatic carbocycles. The summed E-state index contributed by atoms with van der Waals surface area (Å²) in [6.07, 6.45) is 0. The lowest BCUT2D eigenvalue weighted by atomic mass is 9.99. The number of sulfonamides is 1. The van der Waals surface area contributed by atoms with Gasteiger partial charge in [0.15, 0.2) is 0 Å². The molecule has 2 N–H and O–H groups in total. The maximum atomic E-state index is 13.1. The van der Waals surface area contributed by atoms with Crippen LogP contribution in [0.1, 0.15) is 24.1 Å². The number of benzene rings is 1. The van der Waals surface area contributed by atoms with Gasteiger partial charge < -0.3 is 10.6 Å². The van der Waals surface area contributed by atoms with Gasteiger partial charge in [0.25, 0.3) is 10.0 Å². The molecular weight excluding hydrogens is 378 g/mol. The van der Waals surface area contributed by atoms with E-state index in [-0.39, 0.29) is 34.4 Å². The number of piperazine rings is 1. The third kappa shape index (κ3) is 3.45. The van der Waals surface area contributed by atoms with Crippen LogP contribution in [-0.4, -0.2) is 47.8 Å². The topological polar surface area (TPSA) is 121 Å². The third-order valence-corrected chi connectivity index (χ3v) is 6.92. The molecule has 26 heavy (non-hydrogen) atoms. The minimum Gasteiger partial charge on any atom is -0.353 e. The number of hydrogen-bond acceptors (Lipinski definition) is 7. The molecule has 0 radical (unpaired) electrons. The molecule has 1 fully saturated rings. The van der Waals surface area contributed by atoms with Crippen molar-refractivity contribution in [2.45, 2.75) is 24.2 Å². The van der Waals surface area contributed by atoms with Crippen LogP contribution >= 0.6 is 11.3 Å². The fourth-order valence-corrected chi connectivity index (χ4v) is 5.34. The van der Waals surface area contributed by atoms with Crippen LogP contribution < -0.4 is 10.6 Å². The first-order valence-corrected chi connectivity index (χ1v) is 10.0. The van der Waals surface area contributed by atoms with E-state index in [0.717, 1.165) is 21.2 Å². The molecule has 3 rings (SSSR count). The van der Waals surface area contributed by atoms with Crippen molar-refractivity contribution in [2.75, 3.05) is 18.4 Å². The van der Waals surface area contributed by atoms with Gasteiger partial charge in [-0.3, -0.25) is 9.59 Å². The fraction of sp³-hybridized carbons (Fsp3) is 0.333. The molecule has 0 saturated carbocycles. The Hall–Kier alpha value is -2.37. The summed E-state index contributed by atoms with van der Waals surface area (Å²) in [6, 6.07) is 6.15. The maximum Gasteiger partial charge on any atom is 0.273 e. The molecule has 11 heteroatoms. The molecule has 9 nitrogen and oxygen atoms in total. The second-order valence-electron chi connectivity index (χ2n) is 5.72.